The van der Waals surface area contributed by atoms with Gasteiger partial charge in [-0.2, -0.15) is 0 Å². The molecule has 8 nitrogen and oxygen atoms in total. The van der Waals surface area contributed by atoms with E-state index < -0.39 is 17.9 Å². The van der Waals surface area contributed by atoms with Crippen LogP contribution in [0.2, 0.25) is 0 Å². The Morgan fingerprint density at radius 3 is 2.54 bits per heavy atom. The number of aryl methyl sites for hydroxylation is 1. The molecular formula is C33H35N5O3. The maximum atomic E-state index is 13.8. The summed E-state index contributed by atoms with van der Waals surface area (Å²) in [5.74, 6) is -1.31. The Balaban J connectivity index is 1.42. The maximum Gasteiger partial charge on any atom is 0.264 e. The molecule has 1 saturated carbocycles. The second-order valence-corrected chi connectivity index (χ2v) is 11.3. The Bertz CT molecular complexity index is 1570. The predicted octanol–water partition coefficient (Wildman–Crippen LogP) is 5.34. The smallest absolute Gasteiger partial charge is 0.264 e. The van der Waals surface area contributed by atoms with Crippen LogP contribution in [0.3, 0.4) is 0 Å². The number of imide groups is 1. The Labute approximate surface area is 240 Å². The van der Waals surface area contributed by atoms with Crippen LogP contribution < -0.4 is 15.5 Å². The molecule has 8 heteroatoms. The van der Waals surface area contributed by atoms with Gasteiger partial charge in [0.25, 0.3) is 11.8 Å². The zero-order valence-corrected chi connectivity index (χ0v) is 23.6. The third-order valence-corrected chi connectivity index (χ3v) is 8.58. The molecule has 1 atom stereocenters. The number of hydrogen-bond donors (Lipinski definition) is 2. The van der Waals surface area contributed by atoms with E-state index in [4.69, 9.17) is 0 Å². The molecule has 2 aromatic carbocycles. The summed E-state index contributed by atoms with van der Waals surface area (Å²) in [5, 5.41) is 6.20. The fraction of sp³-hybridized carbons (Fsp3) is 0.303. The molecule has 1 saturated heterocycles. The van der Waals surface area contributed by atoms with Crippen molar-refractivity contribution in [3.05, 3.63) is 96.0 Å². The minimum absolute atomic E-state index is 0.273. The van der Waals surface area contributed by atoms with Gasteiger partial charge in [0.15, 0.2) is 0 Å². The standard InChI is InChI=1S/C33H35N5O3/c1-6-21(18-36(4)23-13-14-23)25-16-22-12-11-20(3)37(5)29(22)17-27(25)35-26-9-7-8-24-30(26)33(41)38(32(24)40)28-15-10-19(2)34-31(28)39/h6-9,16-18,23,28,35H,1-3,10-15H2,4-5H3,(H,34,39)/b21-18+/t28-/m0/s1. The van der Waals surface area contributed by atoms with Gasteiger partial charge in [-0.15, -0.1) is 0 Å². The highest BCUT2D eigenvalue weighted by molar-refractivity contribution is 6.25. The molecule has 0 bridgehead atoms. The summed E-state index contributed by atoms with van der Waals surface area (Å²) >= 11 is 0. The number of allylic oxidation sites excluding steroid dienone is 4. The summed E-state index contributed by atoms with van der Waals surface area (Å²) in [4.78, 5) is 45.4. The lowest BCUT2D eigenvalue weighted by Crippen LogP contribution is -2.51. The van der Waals surface area contributed by atoms with Crippen molar-refractivity contribution in [1.29, 1.82) is 0 Å². The van der Waals surface area contributed by atoms with E-state index in [9.17, 15) is 14.4 Å². The van der Waals surface area contributed by atoms with Crippen LogP contribution in [0, 0.1) is 0 Å². The number of carbonyl (C=O) groups excluding carboxylic acids is 3. The van der Waals surface area contributed by atoms with Gasteiger partial charge in [0.1, 0.15) is 6.04 Å². The molecule has 4 aliphatic rings. The van der Waals surface area contributed by atoms with Gasteiger partial charge in [0, 0.05) is 54.7 Å². The van der Waals surface area contributed by atoms with Gasteiger partial charge in [0.05, 0.1) is 16.8 Å². The summed E-state index contributed by atoms with van der Waals surface area (Å²) in [5.41, 5.74) is 7.68. The Kier molecular flexibility index (Phi) is 6.56. The molecule has 2 aromatic rings. The SMILES string of the molecule is C=C/C(=C\N(C)C1CC1)c1cc2c(cc1Nc1cccc3c1C(=O)N([C@H]1CCC(=C)NC1=O)C3=O)N(C)C(=C)CC2. The zero-order valence-electron chi connectivity index (χ0n) is 23.6. The highest BCUT2D eigenvalue weighted by atomic mass is 16.2. The first-order valence-corrected chi connectivity index (χ1v) is 14.1. The van der Waals surface area contributed by atoms with Crippen LogP contribution in [-0.4, -0.2) is 53.7 Å². The van der Waals surface area contributed by atoms with Crippen LogP contribution >= 0.6 is 0 Å². The molecule has 210 valence electrons. The van der Waals surface area contributed by atoms with E-state index in [1.165, 1.54) is 18.4 Å². The number of rotatable bonds is 7. The van der Waals surface area contributed by atoms with Gasteiger partial charge in [0.2, 0.25) is 5.91 Å². The van der Waals surface area contributed by atoms with Gasteiger partial charge >= 0.3 is 0 Å². The first-order valence-electron chi connectivity index (χ1n) is 14.1. The summed E-state index contributed by atoms with van der Waals surface area (Å²) in [7, 11) is 4.10. The van der Waals surface area contributed by atoms with Gasteiger partial charge < -0.3 is 20.4 Å². The molecule has 1 aliphatic carbocycles. The molecule has 0 unspecified atom stereocenters. The van der Waals surface area contributed by atoms with E-state index in [1.807, 2.05) is 13.1 Å². The van der Waals surface area contributed by atoms with E-state index in [1.54, 1.807) is 18.2 Å². The van der Waals surface area contributed by atoms with E-state index in [0.717, 1.165) is 45.9 Å². The third kappa shape index (κ3) is 4.63. The number of amides is 3. The number of fused-ring (bicyclic) bond motifs is 2. The molecule has 2 fully saturated rings. The number of anilines is 3. The van der Waals surface area contributed by atoms with Gasteiger partial charge in [-0.1, -0.05) is 31.9 Å². The number of nitrogens with zero attached hydrogens (tertiary/aromatic N) is 3. The van der Waals surface area contributed by atoms with Crippen molar-refractivity contribution in [2.45, 2.75) is 50.6 Å². The van der Waals surface area contributed by atoms with Crippen LogP contribution in [0.1, 0.15) is 63.9 Å². The fourth-order valence-corrected chi connectivity index (χ4v) is 5.99. The van der Waals surface area contributed by atoms with Crippen LogP contribution in [0.25, 0.3) is 5.57 Å². The summed E-state index contributed by atoms with van der Waals surface area (Å²) < 4.78 is 0. The topological polar surface area (TPSA) is 85.0 Å². The van der Waals surface area contributed by atoms with E-state index in [0.29, 0.717) is 30.3 Å². The minimum atomic E-state index is -0.868. The van der Waals surface area contributed by atoms with E-state index in [2.05, 4.69) is 65.6 Å². The molecule has 0 aromatic heterocycles. The Hall–Kier alpha value is -4.59. The second kappa shape index (κ2) is 10.1. The normalized spacial score (nSPS) is 20.6. The van der Waals surface area contributed by atoms with E-state index >= 15 is 0 Å². The summed E-state index contributed by atoms with van der Waals surface area (Å²) in [6.07, 6.45) is 8.97. The Morgan fingerprint density at radius 1 is 1.05 bits per heavy atom. The number of hydrogen-bond acceptors (Lipinski definition) is 6. The lowest BCUT2D eigenvalue weighted by Gasteiger charge is -2.31. The lowest BCUT2D eigenvalue weighted by atomic mass is 9.93. The minimum Gasteiger partial charge on any atom is -0.377 e. The molecule has 3 aliphatic heterocycles. The summed E-state index contributed by atoms with van der Waals surface area (Å²) in [6.45, 7) is 12.1. The fourth-order valence-electron chi connectivity index (χ4n) is 5.99. The van der Waals surface area contributed by atoms with Crippen LogP contribution in [-0.2, 0) is 11.2 Å². The van der Waals surface area contributed by atoms with Crippen LogP contribution in [0.15, 0.2) is 73.7 Å². The quantitative estimate of drug-likeness (QED) is 0.359. The molecule has 3 heterocycles. The van der Waals surface area contributed by atoms with Crippen molar-refractivity contribution in [2.24, 2.45) is 0 Å². The number of nitrogens with one attached hydrogen (secondary N) is 2. The lowest BCUT2D eigenvalue weighted by molar-refractivity contribution is -0.125. The highest BCUT2D eigenvalue weighted by Gasteiger charge is 2.45. The van der Waals surface area contributed by atoms with Crippen molar-refractivity contribution < 1.29 is 14.4 Å². The van der Waals surface area contributed by atoms with Gasteiger partial charge in [-0.3, -0.25) is 19.3 Å². The van der Waals surface area contributed by atoms with Crippen LogP contribution in [0.4, 0.5) is 17.1 Å². The number of carbonyl (C=O) groups is 3. The van der Waals surface area contributed by atoms with Crippen molar-refractivity contribution in [2.75, 3.05) is 24.3 Å². The van der Waals surface area contributed by atoms with Crippen molar-refractivity contribution in [1.82, 2.24) is 15.1 Å². The molecule has 0 radical (unpaired) electrons. The monoisotopic (exact) mass is 549 g/mol. The van der Waals surface area contributed by atoms with Crippen LogP contribution in [0.5, 0.6) is 0 Å². The first-order chi connectivity index (χ1) is 19.7. The molecule has 41 heavy (non-hydrogen) atoms. The molecule has 6 rings (SSSR count). The first kappa shape index (κ1) is 26.6. The van der Waals surface area contributed by atoms with Crippen molar-refractivity contribution in [3.63, 3.8) is 0 Å². The number of benzene rings is 2. The summed E-state index contributed by atoms with van der Waals surface area (Å²) in [6, 6.07) is 9.15. The highest BCUT2D eigenvalue weighted by Crippen LogP contribution is 2.41. The van der Waals surface area contributed by atoms with Crippen molar-refractivity contribution >= 4 is 40.4 Å². The van der Waals surface area contributed by atoms with Gasteiger partial charge in [-0.05, 0) is 73.9 Å². The van der Waals surface area contributed by atoms with Crippen molar-refractivity contribution in [3.8, 4) is 0 Å². The molecule has 2 N–H and O–H groups in total. The Morgan fingerprint density at radius 2 is 1.83 bits per heavy atom. The average Bonchev–Trinajstić information content (AvgIpc) is 3.77. The van der Waals surface area contributed by atoms with Gasteiger partial charge in [-0.25, -0.2) is 0 Å². The second-order valence-electron chi connectivity index (χ2n) is 11.3. The number of piperidine rings is 1. The molecule has 0 spiro atoms. The molecule has 3 amide bonds. The van der Waals surface area contributed by atoms with E-state index in [-0.39, 0.29) is 17.0 Å². The predicted molar refractivity (Wildman–Crippen MR) is 162 cm³/mol. The largest absolute Gasteiger partial charge is 0.377 e. The zero-order chi connectivity index (χ0) is 29.0. The maximum absolute atomic E-state index is 13.8. The third-order valence-electron chi connectivity index (χ3n) is 8.58. The average molecular weight is 550 g/mol. The molecular weight excluding hydrogens is 514 g/mol.